The molecular weight excluding hydrogens is 592 g/mol. The minimum atomic E-state index is -0.0709. The van der Waals surface area contributed by atoms with Gasteiger partial charge in [-0.25, -0.2) is 0 Å². The van der Waals surface area contributed by atoms with Gasteiger partial charge >= 0.3 is 0 Å². The highest BCUT2D eigenvalue weighted by atomic mass is 79.9. The van der Waals surface area contributed by atoms with E-state index < -0.39 is 0 Å². The van der Waals surface area contributed by atoms with Crippen molar-refractivity contribution >= 4 is 31.9 Å². The SMILES string of the molecule is CC(C)(c1ccccc1)c1ccc(-c2ccc(Br)c(Br)c2-c2ccc(C(C)(C)c3ccccc3)cc2)cc1. The largest absolute Gasteiger partial charge is 0.0622 e. The standard InChI is InChI=1S/C36H32Br2/c1-35(2,27-11-7-5-8-12-27)29-19-15-25(16-20-29)31-23-24-32(37)34(38)33(31)26-17-21-30(22-18-26)36(3,4)28-13-9-6-10-14-28/h5-24H,1-4H3. The van der Waals surface area contributed by atoms with Gasteiger partial charge in [-0.2, -0.15) is 0 Å². The zero-order valence-electron chi connectivity index (χ0n) is 22.3. The van der Waals surface area contributed by atoms with Gasteiger partial charge in [0, 0.05) is 25.3 Å². The van der Waals surface area contributed by atoms with E-state index in [-0.39, 0.29) is 10.8 Å². The van der Waals surface area contributed by atoms with Crippen molar-refractivity contribution < 1.29 is 0 Å². The highest BCUT2D eigenvalue weighted by Gasteiger charge is 2.24. The predicted molar refractivity (Wildman–Crippen MR) is 170 cm³/mol. The maximum Gasteiger partial charge on any atom is 0.0402 e. The molecule has 2 heteroatoms. The van der Waals surface area contributed by atoms with Gasteiger partial charge in [0.05, 0.1) is 0 Å². The molecule has 0 N–H and O–H groups in total. The summed E-state index contributed by atoms with van der Waals surface area (Å²) in [5.74, 6) is 0. The van der Waals surface area contributed by atoms with E-state index >= 15 is 0 Å². The number of halogens is 2. The molecular formula is C36H32Br2. The minimum Gasteiger partial charge on any atom is -0.0622 e. The van der Waals surface area contributed by atoms with Gasteiger partial charge < -0.3 is 0 Å². The first-order valence-electron chi connectivity index (χ1n) is 13.0. The summed E-state index contributed by atoms with van der Waals surface area (Å²) in [7, 11) is 0. The van der Waals surface area contributed by atoms with Crippen LogP contribution < -0.4 is 0 Å². The molecule has 5 rings (SSSR count). The third-order valence-electron chi connectivity index (χ3n) is 7.90. The molecule has 38 heavy (non-hydrogen) atoms. The number of hydrogen-bond acceptors (Lipinski definition) is 0. The molecule has 5 aromatic rings. The van der Waals surface area contributed by atoms with E-state index in [0.717, 1.165) is 8.95 Å². The van der Waals surface area contributed by atoms with E-state index in [4.69, 9.17) is 0 Å². The van der Waals surface area contributed by atoms with E-state index in [9.17, 15) is 0 Å². The number of hydrogen-bond donors (Lipinski definition) is 0. The number of benzene rings is 5. The van der Waals surface area contributed by atoms with E-state index in [1.54, 1.807) is 0 Å². The zero-order chi connectivity index (χ0) is 26.9. The van der Waals surface area contributed by atoms with E-state index in [0.29, 0.717) is 0 Å². The third-order valence-corrected chi connectivity index (χ3v) is 9.92. The Morgan fingerprint density at radius 1 is 0.421 bits per heavy atom. The number of rotatable bonds is 6. The first kappa shape index (κ1) is 26.7. The van der Waals surface area contributed by atoms with Crippen molar-refractivity contribution in [3.8, 4) is 22.3 Å². The van der Waals surface area contributed by atoms with Gasteiger partial charge in [-0.15, -0.1) is 0 Å². The highest BCUT2D eigenvalue weighted by molar-refractivity contribution is 9.13. The maximum atomic E-state index is 3.89. The van der Waals surface area contributed by atoms with Crippen molar-refractivity contribution in [3.05, 3.63) is 153 Å². The van der Waals surface area contributed by atoms with E-state index in [2.05, 4.69) is 181 Å². The van der Waals surface area contributed by atoms with Crippen molar-refractivity contribution in [2.24, 2.45) is 0 Å². The lowest BCUT2D eigenvalue weighted by Crippen LogP contribution is -2.18. The minimum absolute atomic E-state index is 0.0652. The Balaban J connectivity index is 1.53. The Hall–Kier alpha value is -2.94. The van der Waals surface area contributed by atoms with Crippen LogP contribution >= 0.6 is 31.9 Å². The molecule has 190 valence electrons. The monoisotopic (exact) mass is 622 g/mol. The normalized spacial score (nSPS) is 11.9. The maximum absolute atomic E-state index is 3.89. The van der Waals surface area contributed by atoms with Crippen molar-refractivity contribution in [2.75, 3.05) is 0 Å². The first-order chi connectivity index (χ1) is 18.2. The molecule has 0 aliphatic heterocycles. The molecule has 0 saturated carbocycles. The fraction of sp³-hybridized carbons (Fsp3) is 0.167. The Bertz CT molecular complexity index is 1530. The van der Waals surface area contributed by atoms with Gasteiger partial charge in [-0.05, 0) is 76.9 Å². The third kappa shape index (κ3) is 5.05. The second-order valence-corrected chi connectivity index (χ2v) is 12.6. The van der Waals surface area contributed by atoms with E-state index in [1.165, 1.54) is 44.5 Å². The molecule has 0 nitrogen and oxygen atoms in total. The highest BCUT2D eigenvalue weighted by Crippen LogP contribution is 2.43. The van der Waals surface area contributed by atoms with Crippen LogP contribution in [0, 0.1) is 0 Å². The predicted octanol–water partition coefficient (Wildman–Crippen LogP) is 11.2. The second-order valence-electron chi connectivity index (χ2n) is 10.9. The average molecular weight is 624 g/mol. The summed E-state index contributed by atoms with van der Waals surface area (Å²) in [6.07, 6.45) is 0. The van der Waals surface area contributed by atoms with Gasteiger partial charge in [-0.1, -0.05) is 143 Å². The molecule has 0 aliphatic carbocycles. The molecule has 0 atom stereocenters. The topological polar surface area (TPSA) is 0 Å². The molecule has 0 aromatic heterocycles. The van der Waals surface area contributed by atoms with E-state index in [1.807, 2.05) is 0 Å². The molecule has 0 radical (unpaired) electrons. The first-order valence-corrected chi connectivity index (χ1v) is 14.6. The quantitative estimate of drug-likeness (QED) is 0.176. The van der Waals surface area contributed by atoms with Crippen LogP contribution in [0.3, 0.4) is 0 Å². The molecule has 0 bridgehead atoms. The summed E-state index contributed by atoms with van der Waals surface area (Å²) >= 11 is 7.63. The van der Waals surface area contributed by atoms with Crippen molar-refractivity contribution in [3.63, 3.8) is 0 Å². The fourth-order valence-corrected chi connectivity index (χ4v) is 6.14. The molecule has 0 unspecified atom stereocenters. The molecule has 0 fully saturated rings. The van der Waals surface area contributed by atoms with Crippen LogP contribution in [-0.2, 0) is 10.8 Å². The summed E-state index contributed by atoms with van der Waals surface area (Å²) < 4.78 is 2.12. The van der Waals surface area contributed by atoms with Crippen LogP contribution in [0.2, 0.25) is 0 Å². The summed E-state index contributed by atoms with van der Waals surface area (Å²) in [6, 6.07) is 43.9. The Kier molecular flexibility index (Phi) is 7.49. The van der Waals surface area contributed by atoms with Gasteiger partial charge in [-0.3, -0.25) is 0 Å². The summed E-state index contributed by atoms with van der Waals surface area (Å²) in [5, 5.41) is 0. The van der Waals surface area contributed by atoms with Crippen LogP contribution in [-0.4, -0.2) is 0 Å². The van der Waals surface area contributed by atoms with Crippen molar-refractivity contribution in [1.29, 1.82) is 0 Å². The smallest absolute Gasteiger partial charge is 0.0402 e. The van der Waals surface area contributed by atoms with Gasteiger partial charge in [0.2, 0.25) is 0 Å². The molecule has 0 saturated heterocycles. The van der Waals surface area contributed by atoms with Crippen molar-refractivity contribution in [2.45, 2.75) is 38.5 Å². The summed E-state index contributed by atoms with van der Waals surface area (Å²) in [6.45, 7) is 9.15. The molecule has 0 heterocycles. The lowest BCUT2D eigenvalue weighted by Gasteiger charge is -2.27. The van der Waals surface area contributed by atoms with Crippen LogP contribution in [0.15, 0.2) is 130 Å². The Labute approximate surface area is 244 Å². The summed E-state index contributed by atoms with van der Waals surface area (Å²) in [4.78, 5) is 0. The van der Waals surface area contributed by atoms with Crippen LogP contribution in [0.1, 0.15) is 49.9 Å². The van der Waals surface area contributed by atoms with Gasteiger partial charge in [0.1, 0.15) is 0 Å². The van der Waals surface area contributed by atoms with Crippen molar-refractivity contribution in [1.82, 2.24) is 0 Å². The Morgan fingerprint density at radius 2 is 0.816 bits per heavy atom. The van der Waals surface area contributed by atoms with Crippen LogP contribution in [0.5, 0.6) is 0 Å². The Morgan fingerprint density at radius 3 is 1.26 bits per heavy atom. The molecule has 0 aliphatic rings. The zero-order valence-corrected chi connectivity index (χ0v) is 25.5. The lowest BCUT2D eigenvalue weighted by molar-refractivity contribution is 0.641. The fourth-order valence-electron chi connectivity index (χ4n) is 5.24. The van der Waals surface area contributed by atoms with Gasteiger partial charge in [0.25, 0.3) is 0 Å². The lowest BCUT2D eigenvalue weighted by atomic mass is 9.77. The average Bonchev–Trinajstić information content (AvgIpc) is 2.95. The van der Waals surface area contributed by atoms with Crippen LogP contribution in [0.4, 0.5) is 0 Å². The summed E-state index contributed by atoms with van der Waals surface area (Å²) in [5.41, 5.74) is 9.89. The second kappa shape index (κ2) is 10.7. The molecule has 0 amide bonds. The van der Waals surface area contributed by atoms with Gasteiger partial charge in [0.15, 0.2) is 0 Å². The van der Waals surface area contributed by atoms with Crippen LogP contribution in [0.25, 0.3) is 22.3 Å². The molecule has 0 spiro atoms. The molecule has 5 aromatic carbocycles.